The summed E-state index contributed by atoms with van der Waals surface area (Å²) in [4.78, 5) is 0. The number of phenolic OH excluding ortho intramolecular Hbond substituents is 3. The van der Waals surface area contributed by atoms with Crippen LogP contribution in [0.1, 0.15) is 5.56 Å². The predicted octanol–water partition coefficient (Wildman–Crippen LogP) is -0.412. The van der Waals surface area contributed by atoms with Gasteiger partial charge in [0.25, 0.3) is 0 Å². The molecule has 0 fully saturated rings. The van der Waals surface area contributed by atoms with E-state index in [9.17, 15) is 0 Å². The van der Waals surface area contributed by atoms with Gasteiger partial charge in [-0.1, -0.05) is 0 Å². The van der Waals surface area contributed by atoms with E-state index in [-0.39, 0.29) is 11.5 Å². The zero-order chi connectivity index (χ0) is 9.14. The summed E-state index contributed by atoms with van der Waals surface area (Å²) in [5, 5.41) is 27.1. The Morgan fingerprint density at radius 1 is 1.08 bits per heavy atom. The molecule has 0 unspecified atom stereocenters. The van der Waals surface area contributed by atoms with E-state index < -0.39 is 5.75 Å². The van der Waals surface area contributed by atoms with Crippen LogP contribution in [0.5, 0.6) is 17.2 Å². The van der Waals surface area contributed by atoms with Gasteiger partial charge in [-0.15, -0.1) is 0 Å². The van der Waals surface area contributed by atoms with Crippen LogP contribution in [-0.2, 0) is 6.42 Å². The number of quaternary nitrogens is 1. The standard InChI is InChI=1S/C8H11NO3/c9-2-1-5-3-6(10)8(12)7(11)4-5/h3-4,10-12H,1-2,9H2/p+1. The maximum Gasteiger partial charge on any atom is 0.200 e. The largest absolute Gasteiger partial charge is 0.504 e. The van der Waals surface area contributed by atoms with Gasteiger partial charge in [0, 0.05) is 6.42 Å². The molecule has 0 saturated heterocycles. The van der Waals surface area contributed by atoms with Gasteiger partial charge in [-0.05, 0) is 17.7 Å². The summed E-state index contributed by atoms with van der Waals surface area (Å²) in [5.41, 5.74) is 4.40. The molecule has 0 aliphatic rings. The minimum Gasteiger partial charge on any atom is -0.504 e. The van der Waals surface area contributed by atoms with Crippen molar-refractivity contribution in [1.82, 2.24) is 0 Å². The highest BCUT2D eigenvalue weighted by atomic mass is 16.3. The SMILES string of the molecule is [NH3+]CCc1cc(O)c(O)c(O)c1. The molecule has 0 radical (unpaired) electrons. The van der Waals surface area contributed by atoms with E-state index in [0.29, 0.717) is 13.0 Å². The van der Waals surface area contributed by atoms with Gasteiger partial charge in [-0.25, -0.2) is 0 Å². The molecule has 12 heavy (non-hydrogen) atoms. The summed E-state index contributed by atoms with van der Waals surface area (Å²) >= 11 is 0. The lowest BCUT2D eigenvalue weighted by atomic mass is 10.1. The Morgan fingerprint density at radius 3 is 2.00 bits per heavy atom. The van der Waals surface area contributed by atoms with E-state index in [1.165, 1.54) is 12.1 Å². The van der Waals surface area contributed by atoms with Gasteiger partial charge < -0.3 is 21.1 Å². The Labute approximate surface area is 69.9 Å². The Balaban J connectivity index is 3.04. The van der Waals surface area contributed by atoms with E-state index in [0.717, 1.165) is 5.56 Å². The van der Waals surface area contributed by atoms with Gasteiger partial charge in [0.05, 0.1) is 6.54 Å². The van der Waals surface area contributed by atoms with Crippen LogP contribution in [0.2, 0.25) is 0 Å². The minimum atomic E-state index is -0.470. The van der Waals surface area contributed by atoms with Gasteiger partial charge in [0.2, 0.25) is 0 Å². The lowest BCUT2D eigenvalue weighted by Gasteiger charge is -2.03. The topological polar surface area (TPSA) is 88.3 Å². The molecular weight excluding hydrogens is 158 g/mol. The van der Waals surface area contributed by atoms with E-state index in [1.807, 2.05) is 0 Å². The van der Waals surface area contributed by atoms with Crippen molar-refractivity contribution in [2.24, 2.45) is 0 Å². The van der Waals surface area contributed by atoms with Gasteiger partial charge in [-0.2, -0.15) is 0 Å². The highest BCUT2D eigenvalue weighted by Crippen LogP contribution is 2.35. The number of hydrogen-bond donors (Lipinski definition) is 4. The fourth-order valence-electron chi connectivity index (χ4n) is 1.01. The average Bonchev–Trinajstić information content (AvgIpc) is 2.01. The molecule has 0 atom stereocenters. The molecule has 1 aromatic carbocycles. The van der Waals surface area contributed by atoms with Crippen molar-refractivity contribution in [3.63, 3.8) is 0 Å². The molecule has 0 aromatic heterocycles. The van der Waals surface area contributed by atoms with Crippen LogP contribution < -0.4 is 5.73 Å². The van der Waals surface area contributed by atoms with Crippen LogP contribution in [-0.4, -0.2) is 21.9 Å². The van der Waals surface area contributed by atoms with E-state index in [4.69, 9.17) is 15.3 Å². The number of hydrogen-bond acceptors (Lipinski definition) is 3. The van der Waals surface area contributed by atoms with Crippen molar-refractivity contribution in [2.45, 2.75) is 6.42 Å². The van der Waals surface area contributed by atoms with Crippen LogP contribution >= 0.6 is 0 Å². The number of rotatable bonds is 2. The fraction of sp³-hybridized carbons (Fsp3) is 0.250. The molecule has 66 valence electrons. The van der Waals surface area contributed by atoms with Crippen molar-refractivity contribution in [2.75, 3.05) is 6.54 Å². The molecular formula is C8H12NO3+. The first-order chi connectivity index (χ1) is 5.65. The second-order valence-electron chi connectivity index (χ2n) is 2.59. The maximum atomic E-state index is 9.08. The normalized spacial score (nSPS) is 10.1. The number of benzene rings is 1. The predicted molar refractivity (Wildman–Crippen MR) is 42.9 cm³/mol. The maximum absolute atomic E-state index is 9.08. The van der Waals surface area contributed by atoms with Crippen LogP contribution in [0.4, 0.5) is 0 Å². The molecule has 1 rings (SSSR count). The Hall–Kier alpha value is -1.42. The highest BCUT2D eigenvalue weighted by molar-refractivity contribution is 5.51. The molecule has 0 spiro atoms. The minimum absolute atomic E-state index is 0.293. The molecule has 0 bridgehead atoms. The van der Waals surface area contributed by atoms with Gasteiger partial charge in [-0.3, -0.25) is 0 Å². The second-order valence-corrected chi connectivity index (χ2v) is 2.59. The summed E-state index contributed by atoms with van der Waals surface area (Å²) in [5.74, 6) is -1.06. The molecule has 0 heterocycles. The molecule has 0 saturated carbocycles. The molecule has 4 heteroatoms. The first-order valence-corrected chi connectivity index (χ1v) is 3.68. The van der Waals surface area contributed by atoms with Gasteiger partial charge in [0.1, 0.15) is 0 Å². The van der Waals surface area contributed by atoms with Gasteiger partial charge in [0.15, 0.2) is 17.2 Å². The summed E-state index contributed by atoms with van der Waals surface area (Å²) in [6, 6.07) is 2.83. The van der Waals surface area contributed by atoms with Gasteiger partial charge >= 0.3 is 0 Å². The average molecular weight is 170 g/mol. The lowest BCUT2D eigenvalue weighted by molar-refractivity contribution is -0.366. The van der Waals surface area contributed by atoms with Crippen LogP contribution in [0.3, 0.4) is 0 Å². The third kappa shape index (κ3) is 1.60. The third-order valence-corrected chi connectivity index (χ3v) is 1.59. The zero-order valence-electron chi connectivity index (χ0n) is 6.62. The summed E-state index contributed by atoms with van der Waals surface area (Å²) in [6.45, 7) is 0.684. The summed E-state index contributed by atoms with van der Waals surface area (Å²) < 4.78 is 0. The molecule has 0 aliphatic carbocycles. The van der Waals surface area contributed by atoms with Crippen molar-refractivity contribution in [3.05, 3.63) is 17.7 Å². The molecule has 1 aromatic rings. The quantitative estimate of drug-likeness (QED) is 0.455. The summed E-state index contributed by atoms with van der Waals surface area (Å²) in [6.07, 6.45) is 0.668. The highest BCUT2D eigenvalue weighted by Gasteiger charge is 2.07. The third-order valence-electron chi connectivity index (χ3n) is 1.59. The smallest absolute Gasteiger partial charge is 0.200 e. The van der Waals surface area contributed by atoms with Crippen LogP contribution in [0.25, 0.3) is 0 Å². The van der Waals surface area contributed by atoms with Crippen molar-refractivity contribution >= 4 is 0 Å². The molecule has 0 aliphatic heterocycles. The van der Waals surface area contributed by atoms with Crippen LogP contribution in [0.15, 0.2) is 12.1 Å². The zero-order valence-corrected chi connectivity index (χ0v) is 6.62. The van der Waals surface area contributed by atoms with E-state index >= 15 is 0 Å². The first-order valence-electron chi connectivity index (χ1n) is 3.68. The Bertz CT molecular complexity index is 263. The molecule has 6 N–H and O–H groups in total. The van der Waals surface area contributed by atoms with Crippen molar-refractivity contribution in [1.29, 1.82) is 0 Å². The van der Waals surface area contributed by atoms with Crippen molar-refractivity contribution < 1.29 is 21.1 Å². The molecule has 4 nitrogen and oxygen atoms in total. The van der Waals surface area contributed by atoms with E-state index in [2.05, 4.69) is 5.73 Å². The monoisotopic (exact) mass is 170 g/mol. The second kappa shape index (κ2) is 3.32. The summed E-state index contributed by atoms with van der Waals surface area (Å²) in [7, 11) is 0. The molecule has 0 amide bonds. The Morgan fingerprint density at radius 2 is 1.58 bits per heavy atom. The number of aromatic hydroxyl groups is 3. The van der Waals surface area contributed by atoms with Crippen LogP contribution in [0, 0.1) is 0 Å². The number of phenols is 3. The lowest BCUT2D eigenvalue weighted by Crippen LogP contribution is -2.51. The van der Waals surface area contributed by atoms with E-state index in [1.54, 1.807) is 0 Å². The Kier molecular flexibility index (Phi) is 2.40. The first kappa shape index (κ1) is 8.67. The van der Waals surface area contributed by atoms with Crippen molar-refractivity contribution in [3.8, 4) is 17.2 Å². The fourth-order valence-corrected chi connectivity index (χ4v) is 1.01.